The van der Waals surface area contributed by atoms with Crippen LogP contribution >= 0.6 is 11.8 Å². The standard InChI is InChI=1S/C23H24F4N6O2S/c1-32-10-7-15(14(24)13-32)30-16-6-4-9-33-21(16)31-17(22(33)36-23(25,26)27)5-3-8-28-18-11-20(34)29-12-19(18)35-2/h4,6,9,11-12,14-15,30H,7-8,10,13H2,1-2H3,(H2,28,29,34)/t14-,15+/m0/s1. The van der Waals surface area contributed by atoms with Crippen molar-refractivity contribution >= 4 is 28.8 Å². The van der Waals surface area contributed by atoms with Crippen molar-refractivity contribution in [1.82, 2.24) is 19.3 Å². The molecule has 0 aliphatic carbocycles. The van der Waals surface area contributed by atoms with Crippen LogP contribution in [0.15, 0.2) is 40.4 Å². The molecule has 36 heavy (non-hydrogen) atoms. The molecule has 3 aromatic heterocycles. The predicted octanol–water partition coefficient (Wildman–Crippen LogP) is 3.56. The SMILES string of the molecule is COc1c[nH]c(=O)cc1NCC#Cc1nc2c(N[C@@H]3CCN(C)C[C@@H]3F)cccn2c1SC(F)(F)F. The second-order valence-electron chi connectivity index (χ2n) is 8.18. The summed E-state index contributed by atoms with van der Waals surface area (Å²) < 4.78 is 61.1. The van der Waals surface area contributed by atoms with Gasteiger partial charge in [0.25, 0.3) is 0 Å². The Hall–Kier alpha value is -3.37. The van der Waals surface area contributed by atoms with E-state index in [4.69, 9.17) is 4.74 Å². The molecule has 4 rings (SSSR count). The van der Waals surface area contributed by atoms with E-state index < -0.39 is 17.7 Å². The van der Waals surface area contributed by atoms with E-state index in [0.29, 0.717) is 30.1 Å². The van der Waals surface area contributed by atoms with Crippen LogP contribution in [0.5, 0.6) is 5.75 Å². The zero-order valence-electron chi connectivity index (χ0n) is 19.4. The summed E-state index contributed by atoms with van der Waals surface area (Å²) in [5.74, 6) is 5.82. The highest BCUT2D eigenvalue weighted by Crippen LogP contribution is 2.39. The Morgan fingerprint density at radius 3 is 2.89 bits per heavy atom. The molecule has 192 valence electrons. The average Bonchev–Trinajstić information content (AvgIpc) is 3.15. The molecule has 3 N–H and O–H groups in total. The maximum absolute atomic E-state index is 14.6. The molecule has 0 spiro atoms. The number of imidazole rings is 1. The number of aromatic amines is 1. The first-order chi connectivity index (χ1) is 17.1. The van der Waals surface area contributed by atoms with Gasteiger partial charge in [-0.05, 0) is 31.5 Å². The lowest BCUT2D eigenvalue weighted by Crippen LogP contribution is -2.46. The molecule has 1 aliphatic rings. The summed E-state index contributed by atoms with van der Waals surface area (Å²) in [4.78, 5) is 20.3. The van der Waals surface area contributed by atoms with Gasteiger partial charge in [0, 0.05) is 43.3 Å². The Balaban J connectivity index is 1.63. The second-order valence-corrected chi connectivity index (χ2v) is 9.23. The summed E-state index contributed by atoms with van der Waals surface area (Å²) in [6.07, 6.45) is 2.27. The van der Waals surface area contributed by atoms with E-state index in [2.05, 4.69) is 32.4 Å². The third-order valence-corrected chi connectivity index (χ3v) is 6.40. The van der Waals surface area contributed by atoms with E-state index >= 15 is 0 Å². The number of hydrogen-bond donors (Lipinski definition) is 3. The number of aromatic nitrogens is 3. The van der Waals surface area contributed by atoms with Gasteiger partial charge in [0.05, 0.1) is 31.1 Å². The van der Waals surface area contributed by atoms with Gasteiger partial charge in [0.1, 0.15) is 16.9 Å². The zero-order valence-corrected chi connectivity index (χ0v) is 20.3. The van der Waals surface area contributed by atoms with Crippen molar-refractivity contribution in [2.24, 2.45) is 0 Å². The van der Waals surface area contributed by atoms with Crippen LogP contribution in [0.3, 0.4) is 0 Å². The topological polar surface area (TPSA) is 86.7 Å². The largest absolute Gasteiger partial charge is 0.493 e. The van der Waals surface area contributed by atoms with Crippen molar-refractivity contribution in [2.45, 2.75) is 29.2 Å². The third-order valence-electron chi connectivity index (χ3n) is 5.58. The summed E-state index contributed by atoms with van der Waals surface area (Å²) in [5, 5.41) is 5.84. The van der Waals surface area contributed by atoms with E-state index in [0.717, 1.165) is 0 Å². The van der Waals surface area contributed by atoms with Crippen molar-refractivity contribution < 1.29 is 22.3 Å². The number of piperidine rings is 1. The first kappa shape index (κ1) is 25.7. The molecule has 1 aliphatic heterocycles. The number of nitrogens with zero attached hydrogens (tertiary/aromatic N) is 3. The predicted molar refractivity (Wildman–Crippen MR) is 131 cm³/mol. The van der Waals surface area contributed by atoms with E-state index in [1.54, 1.807) is 12.1 Å². The summed E-state index contributed by atoms with van der Waals surface area (Å²) >= 11 is -0.315. The Morgan fingerprint density at radius 2 is 2.17 bits per heavy atom. The van der Waals surface area contributed by atoms with Gasteiger partial charge >= 0.3 is 5.51 Å². The van der Waals surface area contributed by atoms with Gasteiger partial charge in [-0.1, -0.05) is 5.92 Å². The van der Waals surface area contributed by atoms with Crippen LogP contribution in [-0.4, -0.2) is 70.8 Å². The van der Waals surface area contributed by atoms with Crippen LogP contribution < -0.4 is 20.9 Å². The van der Waals surface area contributed by atoms with Gasteiger partial charge in [-0.15, -0.1) is 0 Å². The minimum Gasteiger partial charge on any atom is -0.493 e. The Morgan fingerprint density at radius 1 is 1.36 bits per heavy atom. The fourth-order valence-electron chi connectivity index (χ4n) is 3.90. The molecule has 4 heterocycles. The molecule has 3 aromatic rings. The molecule has 1 saturated heterocycles. The van der Waals surface area contributed by atoms with Crippen molar-refractivity contribution in [3.63, 3.8) is 0 Å². The number of rotatable bonds is 6. The van der Waals surface area contributed by atoms with E-state index in [-0.39, 0.29) is 46.8 Å². The van der Waals surface area contributed by atoms with Gasteiger partial charge in [-0.25, -0.2) is 9.37 Å². The summed E-state index contributed by atoms with van der Waals surface area (Å²) in [6.45, 7) is 0.993. The van der Waals surface area contributed by atoms with Gasteiger partial charge in [-0.2, -0.15) is 13.2 Å². The number of ether oxygens (including phenoxy) is 1. The van der Waals surface area contributed by atoms with Crippen LogP contribution in [0, 0.1) is 11.8 Å². The highest BCUT2D eigenvalue weighted by Gasteiger charge is 2.33. The van der Waals surface area contributed by atoms with Crippen LogP contribution in [0.1, 0.15) is 12.1 Å². The number of nitrogens with one attached hydrogen (secondary N) is 3. The summed E-state index contributed by atoms with van der Waals surface area (Å²) in [5.41, 5.74) is -3.94. The molecule has 0 amide bonds. The maximum atomic E-state index is 14.6. The van der Waals surface area contributed by atoms with Crippen LogP contribution in [0.4, 0.5) is 28.9 Å². The fraction of sp³-hybridized carbons (Fsp3) is 0.391. The number of pyridine rings is 2. The molecule has 13 heteroatoms. The smallest absolute Gasteiger partial charge is 0.447 e. The molecule has 2 atom stereocenters. The van der Waals surface area contributed by atoms with Crippen molar-refractivity contribution in [3.8, 4) is 17.6 Å². The number of methoxy groups -OCH3 is 1. The fourth-order valence-corrected chi connectivity index (χ4v) is 4.56. The third kappa shape index (κ3) is 6.06. The highest BCUT2D eigenvalue weighted by atomic mass is 32.2. The molecule has 0 saturated carbocycles. The van der Waals surface area contributed by atoms with Crippen LogP contribution in [0.25, 0.3) is 5.65 Å². The van der Waals surface area contributed by atoms with E-state index in [1.807, 2.05) is 11.9 Å². The van der Waals surface area contributed by atoms with Crippen molar-refractivity contribution in [3.05, 3.63) is 46.6 Å². The molecule has 8 nitrogen and oxygen atoms in total. The maximum Gasteiger partial charge on any atom is 0.447 e. The number of H-pyrrole nitrogens is 1. The number of alkyl halides is 4. The number of fused-ring (bicyclic) bond motifs is 1. The van der Waals surface area contributed by atoms with Crippen LogP contribution in [-0.2, 0) is 0 Å². The monoisotopic (exact) mass is 524 g/mol. The van der Waals surface area contributed by atoms with E-state index in [9.17, 15) is 22.4 Å². The molecule has 0 radical (unpaired) electrons. The molecule has 0 aromatic carbocycles. The normalized spacial score (nSPS) is 18.5. The Bertz CT molecular complexity index is 1350. The Kier molecular flexibility index (Phi) is 7.65. The quantitative estimate of drug-likeness (QED) is 0.258. The lowest BCUT2D eigenvalue weighted by Gasteiger charge is -2.33. The first-order valence-electron chi connectivity index (χ1n) is 11.0. The molecule has 0 unspecified atom stereocenters. The van der Waals surface area contributed by atoms with Gasteiger partial charge in [0.15, 0.2) is 11.4 Å². The number of thioether (sulfide) groups is 1. The van der Waals surface area contributed by atoms with Gasteiger partial charge in [-0.3, -0.25) is 9.20 Å². The van der Waals surface area contributed by atoms with Crippen LogP contribution in [0.2, 0.25) is 0 Å². The number of halogens is 4. The minimum atomic E-state index is -4.56. The zero-order chi connectivity index (χ0) is 25.9. The summed E-state index contributed by atoms with van der Waals surface area (Å²) in [7, 11) is 3.27. The number of hydrogen-bond acceptors (Lipinski definition) is 7. The van der Waals surface area contributed by atoms with E-state index in [1.165, 1.54) is 30.0 Å². The molecular formula is C23H24F4N6O2S. The molecular weight excluding hydrogens is 500 g/mol. The lowest BCUT2D eigenvalue weighted by molar-refractivity contribution is -0.0329. The number of likely N-dealkylation sites (tertiary alicyclic amines) is 1. The van der Waals surface area contributed by atoms with Gasteiger partial charge in [0.2, 0.25) is 5.56 Å². The average molecular weight is 525 g/mol. The summed E-state index contributed by atoms with van der Waals surface area (Å²) in [6, 6.07) is 4.05. The number of anilines is 2. The van der Waals surface area contributed by atoms with Crippen molar-refractivity contribution in [1.29, 1.82) is 0 Å². The van der Waals surface area contributed by atoms with Crippen molar-refractivity contribution in [2.75, 3.05) is 44.4 Å². The van der Waals surface area contributed by atoms with Gasteiger partial charge < -0.3 is 25.3 Å². The molecule has 1 fully saturated rings. The Labute approximate surface area is 208 Å². The second kappa shape index (κ2) is 10.7. The lowest BCUT2D eigenvalue weighted by atomic mass is 10.0. The first-order valence-corrected chi connectivity index (χ1v) is 11.8. The highest BCUT2D eigenvalue weighted by molar-refractivity contribution is 8.00. The molecule has 0 bridgehead atoms. The minimum absolute atomic E-state index is 0.0219.